The van der Waals surface area contributed by atoms with E-state index in [0.29, 0.717) is 0 Å². The average Bonchev–Trinajstić information content (AvgIpc) is 2.54. The number of hydrogen-bond acceptors (Lipinski definition) is 2. The fraction of sp³-hybridized carbons (Fsp3) is 0.100. The summed E-state index contributed by atoms with van der Waals surface area (Å²) < 4.78 is 5.86. The van der Waals surface area contributed by atoms with Gasteiger partial charge in [-0.3, -0.25) is 0 Å². The molecule has 0 fully saturated rings. The third-order valence-corrected chi connectivity index (χ3v) is 3.39. The normalized spacial score (nSPS) is 10.2. The van der Waals surface area contributed by atoms with Crippen molar-refractivity contribution in [3.63, 3.8) is 0 Å². The Bertz CT molecular complexity index is 737. The molecule has 22 heavy (non-hydrogen) atoms. The molecule has 0 radical (unpaired) electrons. The molecule has 3 aromatic rings. The summed E-state index contributed by atoms with van der Waals surface area (Å²) in [6.45, 7) is 2.87. The van der Waals surface area contributed by atoms with Crippen LogP contribution in [0.15, 0.2) is 78.9 Å². The molecule has 0 aromatic heterocycles. The minimum absolute atomic E-state index is 0.773. The van der Waals surface area contributed by atoms with Crippen LogP contribution in [-0.2, 0) is 6.54 Å². The van der Waals surface area contributed by atoms with Gasteiger partial charge >= 0.3 is 0 Å². The Balaban J connectivity index is 1.66. The zero-order chi connectivity index (χ0) is 15.2. The minimum atomic E-state index is 0.773. The summed E-state index contributed by atoms with van der Waals surface area (Å²) in [4.78, 5) is 0. The van der Waals surface area contributed by atoms with Gasteiger partial charge in [-0.15, -0.1) is 0 Å². The molecule has 0 spiro atoms. The van der Waals surface area contributed by atoms with Gasteiger partial charge in [0.05, 0.1) is 0 Å². The largest absolute Gasteiger partial charge is 0.457 e. The predicted molar refractivity (Wildman–Crippen MR) is 91.5 cm³/mol. The van der Waals surface area contributed by atoms with Crippen molar-refractivity contribution in [2.45, 2.75) is 13.5 Å². The number of para-hydroxylation sites is 1. The summed E-state index contributed by atoms with van der Waals surface area (Å²) in [5.41, 5.74) is 3.58. The first-order valence-electron chi connectivity index (χ1n) is 7.42. The highest BCUT2D eigenvalue weighted by Gasteiger charge is 1.99. The number of hydrogen-bond donors (Lipinski definition) is 1. The second-order valence-corrected chi connectivity index (χ2v) is 5.29. The molecule has 0 unspecified atom stereocenters. The van der Waals surface area contributed by atoms with Crippen molar-refractivity contribution in [2.24, 2.45) is 0 Å². The van der Waals surface area contributed by atoms with E-state index in [1.807, 2.05) is 42.5 Å². The van der Waals surface area contributed by atoms with E-state index < -0.39 is 0 Å². The minimum Gasteiger partial charge on any atom is -0.457 e. The molecule has 3 aromatic carbocycles. The molecular weight excluding hydrogens is 270 g/mol. The Morgan fingerprint density at radius 2 is 1.55 bits per heavy atom. The quantitative estimate of drug-likeness (QED) is 0.679. The smallest absolute Gasteiger partial charge is 0.127 e. The van der Waals surface area contributed by atoms with E-state index >= 15 is 0 Å². The Morgan fingerprint density at radius 3 is 2.36 bits per heavy atom. The fourth-order valence-corrected chi connectivity index (χ4v) is 2.30. The van der Waals surface area contributed by atoms with Gasteiger partial charge in [-0.25, -0.2) is 0 Å². The van der Waals surface area contributed by atoms with Gasteiger partial charge in [-0.05, 0) is 54.4 Å². The predicted octanol–water partition coefficient (Wildman–Crippen LogP) is 5.40. The van der Waals surface area contributed by atoms with E-state index in [1.165, 1.54) is 11.1 Å². The molecule has 0 bridgehead atoms. The third-order valence-electron chi connectivity index (χ3n) is 3.39. The number of ether oxygens (including phenoxy) is 1. The van der Waals surface area contributed by atoms with Gasteiger partial charge in [0.15, 0.2) is 0 Å². The van der Waals surface area contributed by atoms with Gasteiger partial charge < -0.3 is 10.1 Å². The van der Waals surface area contributed by atoms with Crippen molar-refractivity contribution in [3.8, 4) is 11.5 Å². The number of rotatable bonds is 5. The van der Waals surface area contributed by atoms with Crippen LogP contribution in [0, 0.1) is 6.92 Å². The molecule has 0 aliphatic heterocycles. The molecule has 0 amide bonds. The average molecular weight is 289 g/mol. The molecule has 3 rings (SSSR count). The molecular formula is C20H19NO. The Hall–Kier alpha value is -2.74. The van der Waals surface area contributed by atoms with Gasteiger partial charge in [0, 0.05) is 12.2 Å². The highest BCUT2D eigenvalue weighted by Crippen LogP contribution is 2.22. The lowest BCUT2D eigenvalue weighted by Gasteiger charge is -2.10. The van der Waals surface area contributed by atoms with Crippen molar-refractivity contribution in [1.29, 1.82) is 0 Å². The molecule has 110 valence electrons. The summed E-state index contributed by atoms with van der Waals surface area (Å²) >= 11 is 0. The lowest BCUT2D eigenvalue weighted by Crippen LogP contribution is -1.99. The number of benzene rings is 3. The van der Waals surface area contributed by atoms with E-state index in [2.05, 4.69) is 48.6 Å². The molecule has 0 saturated heterocycles. The standard InChI is InChI=1S/C20H19NO/c1-16-7-5-9-18(13-16)21-15-17-8-6-12-20(14-17)22-19-10-3-2-4-11-19/h2-14,21H,15H2,1H3. The van der Waals surface area contributed by atoms with Crippen molar-refractivity contribution in [2.75, 3.05) is 5.32 Å². The Kier molecular flexibility index (Phi) is 4.40. The van der Waals surface area contributed by atoms with Crippen molar-refractivity contribution >= 4 is 5.69 Å². The summed E-state index contributed by atoms with van der Waals surface area (Å²) in [5, 5.41) is 3.44. The van der Waals surface area contributed by atoms with E-state index in [4.69, 9.17) is 4.74 Å². The molecule has 0 atom stereocenters. The molecule has 1 N–H and O–H groups in total. The Labute approximate surface area is 131 Å². The van der Waals surface area contributed by atoms with Gasteiger partial charge in [0.1, 0.15) is 11.5 Å². The first-order valence-corrected chi connectivity index (χ1v) is 7.42. The lowest BCUT2D eigenvalue weighted by molar-refractivity contribution is 0.482. The maximum absolute atomic E-state index is 5.86. The second kappa shape index (κ2) is 6.81. The van der Waals surface area contributed by atoms with Gasteiger partial charge in [-0.2, -0.15) is 0 Å². The summed E-state index contributed by atoms with van der Waals surface area (Å²) in [5.74, 6) is 1.71. The second-order valence-electron chi connectivity index (χ2n) is 5.29. The SMILES string of the molecule is Cc1cccc(NCc2cccc(Oc3ccccc3)c2)c1. The zero-order valence-corrected chi connectivity index (χ0v) is 12.6. The maximum atomic E-state index is 5.86. The number of nitrogens with one attached hydrogen (secondary N) is 1. The third kappa shape index (κ3) is 3.89. The van der Waals surface area contributed by atoms with E-state index in [1.54, 1.807) is 0 Å². The lowest BCUT2D eigenvalue weighted by atomic mass is 10.2. The van der Waals surface area contributed by atoms with E-state index in [0.717, 1.165) is 23.7 Å². The van der Waals surface area contributed by atoms with Gasteiger partial charge in [-0.1, -0.05) is 42.5 Å². The van der Waals surface area contributed by atoms with Crippen LogP contribution in [0.1, 0.15) is 11.1 Å². The zero-order valence-electron chi connectivity index (χ0n) is 12.6. The first kappa shape index (κ1) is 14.2. The molecule has 0 saturated carbocycles. The molecule has 0 aliphatic rings. The van der Waals surface area contributed by atoms with Crippen LogP contribution >= 0.6 is 0 Å². The molecule has 0 heterocycles. The highest BCUT2D eigenvalue weighted by atomic mass is 16.5. The van der Waals surface area contributed by atoms with Crippen LogP contribution in [0.4, 0.5) is 5.69 Å². The van der Waals surface area contributed by atoms with Crippen LogP contribution in [-0.4, -0.2) is 0 Å². The van der Waals surface area contributed by atoms with Gasteiger partial charge in [0.25, 0.3) is 0 Å². The highest BCUT2D eigenvalue weighted by molar-refractivity contribution is 5.46. The molecule has 2 heteroatoms. The van der Waals surface area contributed by atoms with Crippen LogP contribution in [0.3, 0.4) is 0 Å². The van der Waals surface area contributed by atoms with Crippen LogP contribution < -0.4 is 10.1 Å². The number of anilines is 1. The maximum Gasteiger partial charge on any atom is 0.127 e. The number of aryl methyl sites for hydroxylation is 1. The molecule has 2 nitrogen and oxygen atoms in total. The summed E-state index contributed by atoms with van der Waals surface area (Å²) in [6, 6.07) is 26.4. The van der Waals surface area contributed by atoms with Crippen LogP contribution in [0.2, 0.25) is 0 Å². The topological polar surface area (TPSA) is 21.3 Å². The van der Waals surface area contributed by atoms with Crippen molar-refractivity contribution in [1.82, 2.24) is 0 Å². The monoisotopic (exact) mass is 289 g/mol. The van der Waals surface area contributed by atoms with E-state index in [-0.39, 0.29) is 0 Å². The Morgan fingerprint density at radius 1 is 0.773 bits per heavy atom. The van der Waals surface area contributed by atoms with Crippen molar-refractivity contribution < 1.29 is 4.74 Å². The fourth-order valence-electron chi connectivity index (χ4n) is 2.30. The first-order chi connectivity index (χ1) is 10.8. The summed E-state index contributed by atoms with van der Waals surface area (Å²) in [6.07, 6.45) is 0. The summed E-state index contributed by atoms with van der Waals surface area (Å²) in [7, 11) is 0. The van der Waals surface area contributed by atoms with Crippen molar-refractivity contribution in [3.05, 3.63) is 90.0 Å². The van der Waals surface area contributed by atoms with E-state index in [9.17, 15) is 0 Å². The van der Waals surface area contributed by atoms with Crippen LogP contribution in [0.25, 0.3) is 0 Å². The van der Waals surface area contributed by atoms with Gasteiger partial charge in [0.2, 0.25) is 0 Å². The molecule has 0 aliphatic carbocycles. The van der Waals surface area contributed by atoms with Crippen LogP contribution in [0.5, 0.6) is 11.5 Å².